The molecule has 1 aromatic carbocycles. The molecule has 28 heavy (non-hydrogen) atoms. The molecule has 0 radical (unpaired) electrons. The first kappa shape index (κ1) is 24.2. The fraction of sp³-hybridized carbons (Fsp3) is 0.600. The van der Waals surface area contributed by atoms with Crippen molar-refractivity contribution in [3.8, 4) is 5.75 Å². The van der Waals surface area contributed by atoms with E-state index in [1.54, 1.807) is 14.2 Å². The summed E-state index contributed by atoms with van der Waals surface area (Å²) in [7, 11) is 3.28. The first-order valence-electron chi connectivity index (χ1n) is 9.52. The van der Waals surface area contributed by atoms with Crippen molar-refractivity contribution in [1.82, 2.24) is 15.1 Å². The van der Waals surface area contributed by atoms with Gasteiger partial charge < -0.3 is 24.6 Å². The van der Waals surface area contributed by atoms with Crippen LogP contribution >= 0.6 is 12.4 Å². The maximum Gasteiger partial charge on any atom is 0.236 e. The molecule has 0 aromatic heterocycles. The molecule has 2 rings (SSSR count). The second-order valence-corrected chi connectivity index (χ2v) is 6.63. The summed E-state index contributed by atoms with van der Waals surface area (Å²) in [5, 5.41) is 3.08. The minimum absolute atomic E-state index is 0. The normalized spacial score (nSPS) is 14.2. The van der Waals surface area contributed by atoms with Crippen molar-refractivity contribution in [3.05, 3.63) is 29.8 Å². The van der Waals surface area contributed by atoms with Crippen molar-refractivity contribution in [2.75, 3.05) is 60.1 Å². The van der Waals surface area contributed by atoms with Gasteiger partial charge in [-0.25, -0.2) is 0 Å². The molecule has 1 heterocycles. The van der Waals surface area contributed by atoms with Crippen molar-refractivity contribution in [2.24, 2.45) is 0 Å². The molecule has 7 nitrogen and oxygen atoms in total. The zero-order valence-electron chi connectivity index (χ0n) is 16.8. The minimum Gasteiger partial charge on any atom is -0.497 e. The summed E-state index contributed by atoms with van der Waals surface area (Å²) in [6.07, 6.45) is 2.02. The fourth-order valence-corrected chi connectivity index (χ4v) is 3.10. The summed E-state index contributed by atoms with van der Waals surface area (Å²) in [6.45, 7) is 4.17. The smallest absolute Gasteiger partial charge is 0.236 e. The van der Waals surface area contributed by atoms with E-state index in [-0.39, 0.29) is 24.2 Å². The molecule has 0 unspecified atom stereocenters. The number of aryl methyl sites for hydroxylation is 1. The molecule has 1 aliphatic rings. The van der Waals surface area contributed by atoms with Crippen LogP contribution in [0.2, 0.25) is 0 Å². The van der Waals surface area contributed by atoms with E-state index in [2.05, 4.69) is 5.32 Å². The Hall–Kier alpha value is -1.83. The summed E-state index contributed by atoms with van der Waals surface area (Å²) in [6, 6.07) is 7.81. The van der Waals surface area contributed by atoms with Gasteiger partial charge in [0, 0.05) is 46.3 Å². The molecule has 0 atom stereocenters. The molecule has 1 aliphatic heterocycles. The van der Waals surface area contributed by atoms with Crippen LogP contribution in [0, 0.1) is 0 Å². The zero-order chi connectivity index (χ0) is 19.5. The predicted molar refractivity (Wildman–Crippen MR) is 111 cm³/mol. The average Bonchev–Trinajstić information content (AvgIpc) is 2.96. The van der Waals surface area contributed by atoms with Crippen LogP contribution in [0.5, 0.6) is 5.75 Å². The van der Waals surface area contributed by atoms with E-state index in [1.165, 1.54) is 0 Å². The second kappa shape index (κ2) is 13.4. The van der Waals surface area contributed by atoms with Crippen LogP contribution in [0.4, 0.5) is 0 Å². The lowest BCUT2D eigenvalue weighted by molar-refractivity contribution is -0.133. The zero-order valence-corrected chi connectivity index (χ0v) is 17.6. The van der Waals surface area contributed by atoms with Gasteiger partial charge in [0.15, 0.2) is 0 Å². The number of amides is 2. The standard InChI is InChI=1S/C20H31N3O4.ClH/c1-26-15-10-21-16-20(25)23-12-3-11-22(13-14-23)19(24)9-6-17-4-7-18(27-2)8-5-17;/h4-5,7-8,21H,3,6,9-16H2,1-2H3;1H. The molecule has 1 fully saturated rings. The Balaban J connectivity index is 0.00000392. The van der Waals surface area contributed by atoms with E-state index in [0.717, 1.165) is 17.7 Å². The van der Waals surface area contributed by atoms with Gasteiger partial charge in [0.2, 0.25) is 11.8 Å². The predicted octanol–water partition coefficient (Wildman–Crippen LogP) is 1.35. The SMILES string of the molecule is COCCNCC(=O)N1CCCN(C(=O)CCc2ccc(OC)cc2)CC1.Cl. The molecule has 2 amide bonds. The Morgan fingerprint density at radius 2 is 1.64 bits per heavy atom. The maximum absolute atomic E-state index is 12.5. The maximum atomic E-state index is 12.5. The summed E-state index contributed by atoms with van der Waals surface area (Å²) < 4.78 is 10.1. The molecule has 158 valence electrons. The first-order chi connectivity index (χ1) is 13.1. The monoisotopic (exact) mass is 413 g/mol. The van der Waals surface area contributed by atoms with Crippen molar-refractivity contribution >= 4 is 24.2 Å². The number of halogens is 1. The lowest BCUT2D eigenvalue weighted by Crippen LogP contribution is -2.41. The van der Waals surface area contributed by atoms with Gasteiger partial charge >= 0.3 is 0 Å². The van der Waals surface area contributed by atoms with E-state index < -0.39 is 0 Å². The number of carbonyl (C=O) groups excluding carboxylic acids is 2. The van der Waals surface area contributed by atoms with Crippen molar-refractivity contribution < 1.29 is 19.1 Å². The third-order valence-corrected chi connectivity index (χ3v) is 4.75. The number of ether oxygens (including phenoxy) is 2. The number of nitrogens with one attached hydrogen (secondary N) is 1. The van der Waals surface area contributed by atoms with Gasteiger partial charge in [-0.05, 0) is 30.5 Å². The largest absolute Gasteiger partial charge is 0.497 e. The van der Waals surface area contributed by atoms with E-state index in [1.807, 2.05) is 34.1 Å². The van der Waals surface area contributed by atoms with Crippen molar-refractivity contribution in [1.29, 1.82) is 0 Å². The van der Waals surface area contributed by atoms with Crippen LogP contribution < -0.4 is 10.1 Å². The quantitative estimate of drug-likeness (QED) is 0.619. The second-order valence-electron chi connectivity index (χ2n) is 6.63. The summed E-state index contributed by atoms with van der Waals surface area (Å²) in [5.74, 6) is 1.05. The molecule has 8 heteroatoms. The molecule has 0 aliphatic carbocycles. The third-order valence-electron chi connectivity index (χ3n) is 4.75. The van der Waals surface area contributed by atoms with Gasteiger partial charge in [-0.2, -0.15) is 0 Å². The molecule has 1 aromatic rings. The van der Waals surface area contributed by atoms with Crippen LogP contribution in [0.15, 0.2) is 24.3 Å². The Morgan fingerprint density at radius 1 is 1.00 bits per heavy atom. The summed E-state index contributed by atoms with van der Waals surface area (Å²) in [5.41, 5.74) is 1.12. The first-order valence-corrected chi connectivity index (χ1v) is 9.52. The average molecular weight is 414 g/mol. The van der Waals surface area contributed by atoms with E-state index in [0.29, 0.717) is 58.7 Å². The van der Waals surface area contributed by atoms with Crippen LogP contribution in [-0.2, 0) is 20.7 Å². The van der Waals surface area contributed by atoms with E-state index in [9.17, 15) is 9.59 Å². The number of rotatable bonds is 9. The van der Waals surface area contributed by atoms with Gasteiger partial charge in [-0.15, -0.1) is 12.4 Å². The highest BCUT2D eigenvalue weighted by Gasteiger charge is 2.21. The Morgan fingerprint density at radius 3 is 2.25 bits per heavy atom. The number of methoxy groups -OCH3 is 2. The molecule has 0 spiro atoms. The molecule has 0 saturated carbocycles. The molecular weight excluding hydrogens is 382 g/mol. The van der Waals surface area contributed by atoms with Crippen LogP contribution in [0.3, 0.4) is 0 Å². The van der Waals surface area contributed by atoms with Crippen LogP contribution in [0.25, 0.3) is 0 Å². The highest BCUT2D eigenvalue weighted by atomic mass is 35.5. The number of hydrogen-bond acceptors (Lipinski definition) is 5. The Labute approximate surface area is 173 Å². The lowest BCUT2D eigenvalue weighted by Gasteiger charge is -2.22. The van der Waals surface area contributed by atoms with Gasteiger partial charge in [0.1, 0.15) is 5.75 Å². The molecular formula is C20H32ClN3O4. The van der Waals surface area contributed by atoms with Gasteiger partial charge in [-0.1, -0.05) is 12.1 Å². The number of nitrogens with zero attached hydrogens (tertiary/aromatic N) is 2. The van der Waals surface area contributed by atoms with E-state index in [4.69, 9.17) is 9.47 Å². The van der Waals surface area contributed by atoms with Crippen molar-refractivity contribution in [2.45, 2.75) is 19.3 Å². The number of benzene rings is 1. The molecule has 0 bridgehead atoms. The fourth-order valence-electron chi connectivity index (χ4n) is 3.10. The molecule has 1 N–H and O–H groups in total. The van der Waals surface area contributed by atoms with E-state index >= 15 is 0 Å². The van der Waals surface area contributed by atoms with Crippen molar-refractivity contribution in [3.63, 3.8) is 0 Å². The Bertz CT molecular complexity index is 598. The number of hydrogen-bond donors (Lipinski definition) is 1. The van der Waals surface area contributed by atoms with Crippen LogP contribution in [0.1, 0.15) is 18.4 Å². The van der Waals surface area contributed by atoms with Gasteiger partial charge in [-0.3, -0.25) is 9.59 Å². The highest BCUT2D eigenvalue weighted by molar-refractivity contribution is 5.85. The Kier molecular flexibility index (Phi) is 11.6. The number of carbonyl (C=O) groups is 2. The highest BCUT2D eigenvalue weighted by Crippen LogP contribution is 2.13. The topological polar surface area (TPSA) is 71.1 Å². The van der Waals surface area contributed by atoms with Gasteiger partial charge in [0.25, 0.3) is 0 Å². The summed E-state index contributed by atoms with van der Waals surface area (Å²) in [4.78, 5) is 28.5. The van der Waals surface area contributed by atoms with Gasteiger partial charge in [0.05, 0.1) is 20.3 Å². The molecule has 1 saturated heterocycles. The third kappa shape index (κ3) is 8.04. The summed E-state index contributed by atoms with van der Waals surface area (Å²) >= 11 is 0. The lowest BCUT2D eigenvalue weighted by atomic mass is 10.1. The van der Waals surface area contributed by atoms with Crippen LogP contribution in [-0.4, -0.2) is 81.7 Å². The minimum atomic E-state index is 0.